The summed E-state index contributed by atoms with van der Waals surface area (Å²) < 4.78 is 12.3. The van der Waals surface area contributed by atoms with Crippen LogP contribution in [0.25, 0.3) is 10.8 Å². The van der Waals surface area contributed by atoms with Crippen LogP contribution < -0.4 is 20.1 Å². The van der Waals surface area contributed by atoms with Crippen molar-refractivity contribution in [3.63, 3.8) is 0 Å². The van der Waals surface area contributed by atoms with Crippen molar-refractivity contribution in [1.29, 1.82) is 0 Å². The second kappa shape index (κ2) is 7.21. The Morgan fingerprint density at radius 3 is 2.85 bits per heavy atom. The van der Waals surface area contributed by atoms with E-state index in [9.17, 15) is 4.79 Å². The van der Waals surface area contributed by atoms with E-state index in [0.717, 1.165) is 26.6 Å². The molecule has 4 rings (SSSR count). The highest BCUT2D eigenvalue weighted by atomic mass is 79.9. The fourth-order valence-corrected chi connectivity index (χ4v) is 3.77. The molecule has 1 unspecified atom stereocenters. The molecule has 6 heteroatoms. The second-order valence-electron chi connectivity index (χ2n) is 6.42. The van der Waals surface area contributed by atoms with E-state index < -0.39 is 6.04 Å². The monoisotopic (exact) mass is 426 g/mol. The Bertz CT molecular complexity index is 1020. The number of hydrogen-bond acceptors (Lipinski definition) is 4. The Morgan fingerprint density at radius 2 is 2.04 bits per heavy atom. The summed E-state index contributed by atoms with van der Waals surface area (Å²) in [6.07, 6.45) is 0. The molecule has 1 aliphatic heterocycles. The third-order valence-electron chi connectivity index (χ3n) is 4.74. The maximum atomic E-state index is 13.0. The van der Waals surface area contributed by atoms with Gasteiger partial charge in [-0.25, -0.2) is 0 Å². The van der Waals surface area contributed by atoms with E-state index in [2.05, 4.69) is 15.9 Å². The highest BCUT2D eigenvalue weighted by Gasteiger charge is 2.30. The molecule has 0 saturated heterocycles. The lowest BCUT2D eigenvalue weighted by atomic mass is 10.0. The summed E-state index contributed by atoms with van der Waals surface area (Å²) >= 11 is 3.51. The first kappa shape index (κ1) is 17.8. The van der Waals surface area contributed by atoms with Gasteiger partial charge in [0, 0.05) is 10.0 Å². The number of para-hydroxylation sites is 2. The van der Waals surface area contributed by atoms with Gasteiger partial charge in [0.1, 0.15) is 24.1 Å². The van der Waals surface area contributed by atoms with Gasteiger partial charge in [-0.3, -0.25) is 4.79 Å². The number of amides is 1. The number of anilines is 1. The number of nitrogens with two attached hydrogens (primary N) is 1. The largest absolute Gasteiger partial charge is 0.496 e. The predicted octanol–water partition coefficient (Wildman–Crippen LogP) is 3.86. The van der Waals surface area contributed by atoms with Crippen molar-refractivity contribution in [3.8, 4) is 11.5 Å². The molecule has 1 heterocycles. The highest BCUT2D eigenvalue weighted by molar-refractivity contribution is 9.10. The van der Waals surface area contributed by atoms with Crippen LogP contribution in [0, 0.1) is 0 Å². The fourth-order valence-electron chi connectivity index (χ4n) is 3.39. The number of benzene rings is 3. The number of carbonyl (C=O) groups is 1. The molecular weight excluding hydrogens is 408 g/mol. The van der Waals surface area contributed by atoms with Crippen molar-refractivity contribution >= 4 is 38.3 Å². The molecule has 2 N–H and O–H groups in total. The first-order valence-corrected chi connectivity index (χ1v) is 9.41. The average molecular weight is 427 g/mol. The topological polar surface area (TPSA) is 64.8 Å². The summed E-state index contributed by atoms with van der Waals surface area (Å²) in [5, 5.41) is 2.10. The van der Waals surface area contributed by atoms with E-state index in [0.29, 0.717) is 18.0 Å². The van der Waals surface area contributed by atoms with Crippen molar-refractivity contribution in [2.45, 2.75) is 12.6 Å². The molecule has 0 aliphatic carbocycles. The van der Waals surface area contributed by atoms with E-state index in [1.54, 1.807) is 12.0 Å². The highest BCUT2D eigenvalue weighted by Crippen LogP contribution is 2.36. The van der Waals surface area contributed by atoms with Crippen LogP contribution in [-0.4, -0.2) is 25.7 Å². The summed E-state index contributed by atoms with van der Waals surface area (Å²) in [6.45, 7) is 0.501. The summed E-state index contributed by atoms with van der Waals surface area (Å²) in [5.41, 5.74) is 7.70. The third-order valence-corrected chi connectivity index (χ3v) is 5.24. The summed E-state index contributed by atoms with van der Waals surface area (Å²) in [6, 6.07) is 16.8. The molecule has 3 aromatic rings. The lowest BCUT2D eigenvalue weighted by Gasteiger charge is -2.25. The Kier molecular flexibility index (Phi) is 4.76. The van der Waals surface area contributed by atoms with E-state index in [1.165, 1.54) is 0 Å². The first-order valence-electron chi connectivity index (χ1n) is 8.62. The number of nitrogens with zero attached hydrogens (tertiary/aromatic N) is 1. The van der Waals surface area contributed by atoms with Gasteiger partial charge in [0.2, 0.25) is 5.91 Å². The minimum absolute atomic E-state index is 0.159. The molecule has 0 saturated carbocycles. The third kappa shape index (κ3) is 3.26. The van der Waals surface area contributed by atoms with Crippen LogP contribution in [0.15, 0.2) is 59.1 Å². The number of ether oxygens (including phenoxy) is 2. The Morgan fingerprint density at radius 1 is 1.22 bits per heavy atom. The molecule has 1 aliphatic rings. The zero-order valence-electron chi connectivity index (χ0n) is 14.8. The Balaban J connectivity index is 1.86. The summed E-state index contributed by atoms with van der Waals surface area (Å²) in [5.74, 6) is 1.21. The van der Waals surface area contributed by atoms with Crippen molar-refractivity contribution < 1.29 is 14.3 Å². The zero-order chi connectivity index (χ0) is 19.0. The molecule has 0 radical (unpaired) electrons. The van der Waals surface area contributed by atoms with Crippen LogP contribution in [-0.2, 0) is 11.3 Å². The van der Waals surface area contributed by atoms with Crippen LogP contribution in [0.3, 0.4) is 0 Å². The lowest BCUT2D eigenvalue weighted by molar-refractivity contribution is -0.120. The summed E-state index contributed by atoms with van der Waals surface area (Å²) in [4.78, 5) is 14.7. The number of rotatable bonds is 3. The van der Waals surface area contributed by atoms with Gasteiger partial charge >= 0.3 is 0 Å². The average Bonchev–Trinajstić information content (AvgIpc) is 2.80. The SMILES string of the molecule is COc1ccc2cc(Br)ccc2c1CN1C(=O)C(N)COc2ccccc21. The van der Waals surface area contributed by atoms with E-state index in [1.807, 2.05) is 54.6 Å². The second-order valence-corrected chi connectivity index (χ2v) is 7.34. The van der Waals surface area contributed by atoms with Gasteiger partial charge in [-0.05, 0) is 41.1 Å². The van der Waals surface area contributed by atoms with Gasteiger partial charge in [0.25, 0.3) is 0 Å². The van der Waals surface area contributed by atoms with E-state index >= 15 is 0 Å². The van der Waals surface area contributed by atoms with E-state index in [4.69, 9.17) is 15.2 Å². The van der Waals surface area contributed by atoms with Gasteiger partial charge in [-0.2, -0.15) is 0 Å². The smallest absolute Gasteiger partial charge is 0.247 e. The van der Waals surface area contributed by atoms with Crippen molar-refractivity contribution in [1.82, 2.24) is 0 Å². The number of fused-ring (bicyclic) bond motifs is 2. The number of carbonyl (C=O) groups excluding carboxylic acids is 1. The number of halogens is 1. The molecule has 0 spiro atoms. The van der Waals surface area contributed by atoms with Gasteiger partial charge in [0.15, 0.2) is 0 Å². The predicted molar refractivity (Wildman–Crippen MR) is 109 cm³/mol. The molecule has 0 aromatic heterocycles. The lowest BCUT2D eigenvalue weighted by Crippen LogP contribution is -2.45. The zero-order valence-corrected chi connectivity index (χ0v) is 16.4. The quantitative estimate of drug-likeness (QED) is 0.690. The van der Waals surface area contributed by atoms with Crippen LogP contribution in [0.4, 0.5) is 5.69 Å². The molecular formula is C21H19BrN2O3. The van der Waals surface area contributed by atoms with Gasteiger partial charge < -0.3 is 20.1 Å². The van der Waals surface area contributed by atoms with Crippen molar-refractivity contribution in [2.75, 3.05) is 18.6 Å². The molecule has 3 aromatic carbocycles. The van der Waals surface area contributed by atoms with Crippen LogP contribution >= 0.6 is 15.9 Å². The van der Waals surface area contributed by atoms with Gasteiger partial charge in [-0.15, -0.1) is 0 Å². The van der Waals surface area contributed by atoms with Crippen LogP contribution in [0.1, 0.15) is 5.56 Å². The molecule has 0 bridgehead atoms. The van der Waals surface area contributed by atoms with Gasteiger partial charge in [0.05, 0.1) is 19.3 Å². The molecule has 27 heavy (non-hydrogen) atoms. The Labute approximate surface area is 165 Å². The molecule has 138 valence electrons. The minimum atomic E-state index is -0.715. The number of hydrogen-bond donors (Lipinski definition) is 1. The maximum absolute atomic E-state index is 13.0. The van der Waals surface area contributed by atoms with Crippen LogP contribution in [0.2, 0.25) is 0 Å². The first-order chi connectivity index (χ1) is 13.1. The van der Waals surface area contributed by atoms with Crippen molar-refractivity contribution in [2.24, 2.45) is 5.73 Å². The normalized spacial score (nSPS) is 16.6. The summed E-state index contributed by atoms with van der Waals surface area (Å²) in [7, 11) is 1.64. The standard InChI is InChI=1S/C21H19BrN2O3/c1-26-19-9-6-13-10-14(22)7-8-15(13)16(19)11-24-18-4-2-3-5-20(18)27-12-17(23)21(24)25/h2-10,17H,11-12,23H2,1H3. The maximum Gasteiger partial charge on any atom is 0.247 e. The van der Waals surface area contributed by atoms with E-state index in [-0.39, 0.29) is 12.5 Å². The van der Waals surface area contributed by atoms with Gasteiger partial charge in [-0.1, -0.05) is 40.2 Å². The fraction of sp³-hybridized carbons (Fsp3) is 0.190. The van der Waals surface area contributed by atoms with Crippen LogP contribution in [0.5, 0.6) is 11.5 Å². The molecule has 0 fully saturated rings. The van der Waals surface area contributed by atoms with Crippen molar-refractivity contribution in [3.05, 3.63) is 64.6 Å². The molecule has 1 amide bonds. The molecule has 1 atom stereocenters. The molecule has 5 nitrogen and oxygen atoms in total. The Hall–Kier alpha value is -2.57. The minimum Gasteiger partial charge on any atom is -0.496 e. The number of methoxy groups -OCH3 is 1.